The normalized spacial score (nSPS) is 19.8. The molecule has 7 heteroatoms. The lowest BCUT2D eigenvalue weighted by molar-refractivity contribution is -0.141. The third kappa shape index (κ3) is 4.59. The van der Waals surface area contributed by atoms with E-state index in [1.165, 1.54) is 5.56 Å². The molecule has 7 nitrogen and oxygen atoms in total. The minimum Gasteiger partial charge on any atom is -0.341 e. The van der Waals surface area contributed by atoms with E-state index in [9.17, 15) is 14.4 Å². The van der Waals surface area contributed by atoms with E-state index < -0.39 is 5.54 Å². The number of para-hydroxylation sites is 1. The van der Waals surface area contributed by atoms with Gasteiger partial charge in [0.25, 0.3) is 11.8 Å². The molecule has 5 rings (SSSR count). The predicted octanol–water partition coefficient (Wildman–Crippen LogP) is 3.54. The summed E-state index contributed by atoms with van der Waals surface area (Å²) in [7, 11) is 0. The van der Waals surface area contributed by atoms with Crippen LogP contribution in [0.3, 0.4) is 0 Å². The van der Waals surface area contributed by atoms with Crippen LogP contribution in [0.5, 0.6) is 0 Å². The average molecular weight is 489 g/mol. The van der Waals surface area contributed by atoms with Crippen LogP contribution in [0.15, 0.2) is 54.6 Å². The molecule has 2 aromatic rings. The molecule has 0 saturated carbocycles. The van der Waals surface area contributed by atoms with Gasteiger partial charge >= 0.3 is 0 Å². The Morgan fingerprint density at radius 2 is 1.50 bits per heavy atom. The van der Waals surface area contributed by atoms with E-state index in [1.807, 2.05) is 64.4 Å². The molecule has 0 aliphatic carbocycles. The Bertz CT molecular complexity index is 1090. The molecule has 0 radical (unpaired) electrons. The molecular weight excluding hydrogens is 452 g/mol. The smallest absolute Gasteiger partial charge is 0.253 e. The highest BCUT2D eigenvalue weighted by atomic mass is 16.2. The van der Waals surface area contributed by atoms with Crippen molar-refractivity contribution in [2.24, 2.45) is 0 Å². The molecule has 190 valence electrons. The van der Waals surface area contributed by atoms with Crippen molar-refractivity contribution in [1.29, 1.82) is 0 Å². The van der Waals surface area contributed by atoms with Crippen molar-refractivity contribution in [3.05, 3.63) is 65.7 Å². The number of piperidine rings is 2. The maximum absolute atomic E-state index is 13.9. The minimum absolute atomic E-state index is 0.0103. The Kier molecular flexibility index (Phi) is 6.99. The van der Waals surface area contributed by atoms with Gasteiger partial charge in [-0.2, -0.15) is 0 Å². The lowest BCUT2D eigenvalue weighted by atomic mass is 9.85. The molecule has 2 aromatic carbocycles. The Labute approximate surface area is 213 Å². The molecule has 3 saturated heterocycles. The zero-order valence-corrected chi connectivity index (χ0v) is 21.2. The van der Waals surface area contributed by atoms with Crippen molar-refractivity contribution in [3.8, 4) is 0 Å². The van der Waals surface area contributed by atoms with Gasteiger partial charge in [0.15, 0.2) is 0 Å². The van der Waals surface area contributed by atoms with E-state index >= 15 is 0 Å². The van der Waals surface area contributed by atoms with E-state index in [2.05, 4.69) is 11.8 Å². The average Bonchev–Trinajstić information content (AvgIpc) is 3.20. The zero-order valence-electron chi connectivity index (χ0n) is 21.2. The molecule has 3 aliphatic heterocycles. The van der Waals surface area contributed by atoms with Crippen molar-refractivity contribution < 1.29 is 14.4 Å². The van der Waals surface area contributed by atoms with Crippen molar-refractivity contribution in [1.82, 2.24) is 14.7 Å². The second-order valence-corrected chi connectivity index (χ2v) is 10.2. The first kappa shape index (κ1) is 24.3. The number of hydrogen-bond donors (Lipinski definition) is 0. The summed E-state index contributed by atoms with van der Waals surface area (Å²) in [6, 6.07) is 17.8. The lowest BCUT2D eigenvalue weighted by Crippen LogP contribution is -2.57. The molecule has 3 aliphatic rings. The number of amides is 3. The topological polar surface area (TPSA) is 64.2 Å². The van der Waals surface area contributed by atoms with Crippen molar-refractivity contribution >= 4 is 23.4 Å². The second kappa shape index (κ2) is 10.3. The first-order valence-electron chi connectivity index (χ1n) is 13.3. The summed E-state index contributed by atoms with van der Waals surface area (Å²) >= 11 is 0. The van der Waals surface area contributed by atoms with Crippen LogP contribution in [0.1, 0.15) is 54.9 Å². The van der Waals surface area contributed by atoms with Crippen LogP contribution >= 0.6 is 0 Å². The number of anilines is 1. The molecular formula is C29H36N4O3. The molecule has 0 atom stereocenters. The molecule has 0 aromatic heterocycles. The van der Waals surface area contributed by atoms with Gasteiger partial charge in [-0.15, -0.1) is 0 Å². The van der Waals surface area contributed by atoms with Crippen molar-refractivity contribution in [2.45, 2.75) is 51.0 Å². The summed E-state index contributed by atoms with van der Waals surface area (Å²) in [5, 5.41) is 0. The maximum Gasteiger partial charge on any atom is 0.253 e. The van der Waals surface area contributed by atoms with Crippen LogP contribution < -0.4 is 4.90 Å². The van der Waals surface area contributed by atoms with Gasteiger partial charge in [-0.25, -0.2) is 0 Å². The Morgan fingerprint density at radius 3 is 2.14 bits per heavy atom. The number of likely N-dealkylation sites (tertiary alicyclic amines) is 2. The number of nitrogens with zero attached hydrogens (tertiary/aromatic N) is 4. The Balaban J connectivity index is 1.33. The van der Waals surface area contributed by atoms with Gasteiger partial charge in [0.1, 0.15) is 12.1 Å². The fourth-order valence-electron chi connectivity index (χ4n) is 5.87. The number of aryl methyl sites for hydroxylation is 1. The van der Waals surface area contributed by atoms with Gasteiger partial charge in [-0.3, -0.25) is 14.4 Å². The molecule has 0 N–H and O–H groups in total. The number of rotatable bonds is 5. The van der Waals surface area contributed by atoms with E-state index in [4.69, 9.17) is 0 Å². The SMILES string of the molecule is CCc1ccc(C(=O)N2CCC3(CC2)C(=O)N(CC(=O)N2CCCCC2)CN3c2ccccc2)cc1. The van der Waals surface area contributed by atoms with Gasteiger partial charge in [0.2, 0.25) is 5.91 Å². The van der Waals surface area contributed by atoms with E-state index in [0.717, 1.165) is 44.5 Å². The van der Waals surface area contributed by atoms with Crippen LogP contribution in [0, 0.1) is 0 Å². The lowest BCUT2D eigenvalue weighted by Gasteiger charge is -2.43. The molecule has 3 fully saturated rings. The van der Waals surface area contributed by atoms with Crippen LogP contribution in [0.25, 0.3) is 0 Å². The molecule has 3 amide bonds. The number of carbonyl (C=O) groups excluding carboxylic acids is 3. The van der Waals surface area contributed by atoms with Gasteiger partial charge in [-0.1, -0.05) is 37.3 Å². The quantitative estimate of drug-likeness (QED) is 0.646. The standard InChI is InChI=1S/C29H36N4O3/c1-2-23-11-13-24(14-12-23)27(35)31-19-15-29(16-20-31)28(36)32(21-26(34)30-17-7-4-8-18-30)22-33(29)25-9-5-3-6-10-25/h3,5-6,9-14H,2,4,7-8,15-22H2,1H3. The first-order valence-corrected chi connectivity index (χ1v) is 13.3. The van der Waals surface area contributed by atoms with Crippen molar-refractivity contribution in [3.63, 3.8) is 0 Å². The van der Waals surface area contributed by atoms with Crippen LogP contribution in [0.2, 0.25) is 0 Å². The summed E-state index contributed by atoms with van der Waals surface area (Å²) in [6.07, 6.45) is 5.27. The maximum atomic E-state index is 13.9. The predicted molar refractivity (Wildman–Crippen MR) is 140 cm³/mol. The summed E-state index contributed by atoms with van der Waals surface area (Å²) < 4.78 is 0. The Morgan fingerprint density at radius 1 is 0.833 bits per heavy atom. The van der Waals surface area contributed by atoms with Crippen LogP contribution in [-0.2, 0) is 16.0 Å². The zero-order chi connectivity index (χ0) is 25.1. The summed E-state index contributed by atoms with van der Waals surface area (Å²) in [5.74, 6) is 0.0636. The molecule has 1 spiro atoms. The number of benzene rings is 2. The molecule has 36 heavy (non-hydrogen) atoms. The van der Waals surface area contributed by atoms with Crippen molar-refractivity contribution in [2.75, 3.05) is 44.3 Å². The number of hydrogen-bond acceptors (Lipinski definition) is 4. The minimum atomic E-state index is -0.730. The van der Waals surface area contributed by atoms with E-state index in [-0.39, 0.29) is 24.3 Å². The molecule has 0 unspecified atom stereocenters. The first-order chi connectivity index (χ1) is 17.5. The highest BCUT2D eigenvalue weighted by Crippen LogP contribution is 2.39. The summed E-state index contributed by atoms with van der Waals surface area (Å²) in [6.45, 7) is 5.21. The number of carbonyl (C=O) groups is 3. The second-order valence-electron chi connectivity index (χ2n) is 10.2. The van der Waals surface area contributed by atoms with Gasteiger partial charge < -0.3 is 19.6 Å². The third-order valence-electron chi connectivity index (χ3n) is 8.10. The highest BCUT2D eigenvalue weighted by Gasteiger charge is 2.54. The monoisotopic (exact) mass is 488 g/mol. The van der Waals surface area contributed by atoms with Gasteiger partial charge in [-0.05, 0) is 68.4 Å². The van der Waals surface area contributed by atoms with Gasteiger partial charge in [0, 0.05) is 37.4 Å². The van der Waals surface area contributed by atoms with E-state index in [1.54, 1.807) is 4.90 Å². The van der Waals surface area contributed by atoms with Crippen LogP contribution in [-0.4, -0.2) is 77.4 Å². The fourth-order valence-corrected chi connectivity index (χ4v) is 5.87. The summed E-state index contributed by atoms with van der Waals surface area (Å²) in [4.78, 5) is 47.8. The largest absolute Gasteiger partial charge is 0.341 e. The van der Waals surface area contributed by atoms with Crippen LogP contribution in [0.4, 0.5) is 5.69 Å². The Hall–Kier alpha value is -3.35. The molecule has 0 bridgehead atoms. The fraction of sp³-hybridized carbons (Fsp3) is 0.483. The molecule has 3 heterocycles. The van der Waals surface area contributed by atoms with E-state index in [0.29, 0.717) is 38.2 Å². The third-order valence-corrected chi connectivity index (χ3v) is 8.10. The van der Waals surface area contributed by atoms with Gasteiger partial charge in [0.05, 0.1) is 6.67 Å². The highest BCUT2D eigenvalue weighted by molar-refractivity contribution is 5.97. The summed E-state index contributed by atoms with van der Waals surface area (Å²) in [5.41, 5.74) is 2.15.